The van der Waals surface area contributed by atoms with Crippen molar-refractivity contribution in [3.63, 3.8) is 0 Å². The normalized spacial score (nSPS) is 16.0. The molecule has 19 heavy (non-hydrogen) atoms. The molecule has 1 heterocycles. The fourth-order valence-electron chi connectivity index (χ4n) is 2.35. The molecule has 0 aliphatic carbocycles. The summed E-state index contributed by atoms with van der Waals surface area (Å²) in [4.78, 5) is 13.1. The Labute approximate surface area is 109 Å². The Morgan fingerprint density at radius 3 is 2.79 bits per heavy atom. The maximum Gasteiger partial charge on any atom is 0.416 e. The minimum absolute atomic E-state index is 0.129. The summed E-state index contributed by atoms with van der Waals surface area (Å²) in [6.45, 7) is 1.06. The largest absolute Gasteiger partial charge is 0.416 e. The van der Waals surface area contributed by atoms with Crippen molar-refractivity contribution in [2.24, 2.45) is 0 Å². The van der Waals surface area contributed by atoms with E-state index in [-0.39, 0.29) is 12.5 Å². The number of likely N-dealkylation sites (N-methyl/N-ethyl adjacent to an activating group) is 1. The van der Waals surface area contributed by atoms with Crippen molar-refractivity contribution in [1.82, 2.24) is 10.2 Å². The van der Waals surface area contributed by atoms with Gasteiger partial charge in [-0.15, -0.1) is 0 Å². The number of hydrogen-bond donors (Lipinski definition) is 1. The fraction of sp³-hybridized carbons (Fsp3) is 0.462. The first-order chi connectivity index (χ1) is 8.91. The van der Waals surface area contributed by atoms with Gasteiger partial charge in [0.1, 0.15) is 0 Å². The van der Waals surface area contributed by atoms with Crippen LogP contribution in [0.2, 0.25) is 0 Å². The number of nitrogens with zero attached hydrogens (tertiary/aromatic N) is 1. The number of alkyl halides is 3. The standard InChI is InChI=1S/C13H15F3N2O/c1-17-12(19)8-18-6-5-10-9(7-18)3-2-4-11(10)13(14,15)16/h2-4H,5-8H2,1H3,(H,17,19). The molecule has 0 saturated heterocycles. The van der Waals surface area contributed by atoms with Crippen LogP contribution in [0, 0.1) is 0 Å². The van der Waals surface area contributed by atoms with Crippen molar-refractivity contribution < 1.29 is 18.0 Å². The van der Waals surface area contributed by atoms with Crippen LogP contribution in [0.25, 0.3) is 0 Å². The third-order valence-corrected chi connectivity index (χ3v) is 3.30. The molecule has 6 heteroatoms. The summed E-state index contributed by atoms with van der Waals surface area (Å²) in [5.41, 5.74) is 0.470. The molecule has 1 aliphatic rings. The van der Waals surface area contributed by atoms with Gasteiger partial charge in [-0.1, -0.05) is 12.1 Å². The Hall–Kier alpha value is -1.56. The van der Waals surface area contributed by atoms with Crippen molar-refractivity contribution >= 4 is 5.91 Å². The molecule has 0 unspecified atom stereocenters. The van der Waals surface area contributed by atoms with Crippen molar-refractivity contribution in [3.05, 3.63) is 34.9 Å². The molecule has 1 aliphatic heterocycles. The van der Waals surface area contributed by atoms with E-state index >= 15 is 0 Å². The molecule has 3 nitrogen and oxygen atoms in total. The molecule has 1 aromatic rings. The number of fused-ring (bicyclic) bond motifs is 1. The summed E-state index contributed by atoms with van der Waals surface area (Å²) in [7, 11) is 1.54. The summed E-state index contributed by atoms with van der Waals surface area (Å²) < 4.78 is 38.6. The van der Waals surface area contributed by atoms with Gasteiger partial charge in [0.2, 0.25) is 5.91 Å². The van der Waals surface area contributed by atoms with Gasteiger partial charge in [0.25, 0.3) is 0 Å². The molecular formula is C13H15F3N2O. The van der Waals surface area contributed by atoms with Gasteiger partial charge in [0.15, 0.2) is 0 Å². The molecule has 0 atom stereocenters. The molecule has 1 aromatic carbocycles. The van der Waals surface area contributed by atoms with Crippen molar-refractivity contribution in [1.29, 1.82) is 0 Å². The first kappa shape index (κ1) is 13.9. The Morgan fingerprint density at radius 2 is 2.16 bits per heavy atom. The predicted molar refractivity (Wildman–Crippen MR) is 64.5 cm³/mol. The number of carbonyl (C=O) groups is 1. The molecule has 1 N–H and O–H groups in total. The van der Waals surface area contributed by atoms with Crippen LogP contribution in [0.15, 0.2) is 18.2 Å². The zero-order chi connectivity index (χ0) is 14.0. The molecule has 0 saturated carbocycles. The quantitative estimate of drug-likeness (QED) is 0.890. The number of halogens is 3. The lowest BCUT2D eigenvalue weighted by Gasteiger charge is -2.29. The summed E-state index contributed by atoms with van der Waals surface area (Å²) >= 11 is 0. The van der Waals surface area contributed by atoms with Crippen LogP contribution in [0.4, 0.5) is 13.2 Å². The second kappa shape index (κ2) is 5.21. The minimum atomic E-state index is -4.31. The lowest BCUT2D eigenvalue weighted by Crippen LogP contribution is -2.39. The van der Waals surface area contributed by atoms with Gasteiger partial charge in [0.05, 0.1) is 12.1 Å². The topological polar surface area (TPSA) is 32.3 Å². The number of carbonyl (C=O) groups excluding carboxylic acids is 1. The monoisotopic (exact) mass is 272 g/mol. The lowest BCUT2D eigenvalue weighted by molar-refractivity contribution is -0.138. The van der Waals surface area contributed by atoms with E-state index in [2.05, 4.69) is 5.32 Å². The SMILES string of the molecule is CNC(=O)CN1CCc2c(cccc2C(F)(F)F)C1. The van der Waals surface area contributed by atoms with Crippen LogP contribution in [0.5, 0.6) is 0 Å². The number of rotatable bonds is 2. The van der Waals surface area contributed by atoms with E-state index in [9.17, 15) is 18.0 Å². The van der Waals surface area contributed by atoms with Gasteiger partial charge < -0.3 is 5.32 Å². The predicted octanol–water partition coefficient (Wildman–Crippen LogP) is 1.81. The molecule has 0 radical (unpaired) electrons. The second-order valence-corrected chi connectivity index (χ2v) is 4.57. The van der Waals surface area contributed by atoms with Gasteiger partial charge in [-0.2, -0.15) is 13.2 Å². The average molecular weight is 272 g/mol. The Balaban J connectivity index is 2.21. The zero-order valence-electron chi connectivity index (χ0n) is 10.5. The van der Waals surface area contributed by atoms with Crippen LogP contribution in [-0.4, -0.2) is 30.9 Å². The molecule has 0 aromatic heterocycles. The Kier molecular flexibility index (Phi) is 3.80. The molecule has 0 spiro atoms. The van der Waals surface area contributed by atoms with E-state index in [4.69, 9.17) is 0 Å². The van der Waals surface area contributed by atoms with Crippen molar-refractivity contribution in [2.75, 3.05) is 20.1 Å². The Bertz CT molecular complexity index is 485. The van der Waals surface area contributed by atoms with Crippen molar-refractivity contribution in [2.45, 2.75) is 19.1 Å². The van der Waals surface area contributed by atoms with Gasteiger partial charge in [-0.25, -0.2) is 0 Å². The number of nitrogens with one attached hydrogen (secondary N) is 1. The van der Waals surface area contributed by atoms with Crippen molar-refractivity contribution in [3.8, 4) is 0 Å². The van der Waals surface area contributed by atoms with E-state index < -0.39 is 11.7 Å². The van der Waals surface area contributed by atoms with Crippen LogP contribution in [0.3, 0.4) is 0 Å². The fourth-order valence-corrected chi connectivity index (χ4v) is 2.35. The maximum atomic E-state index is 12.9. The number of benzene rings is 1. The third-order valence-electron chi connectivity index (χ3n) is 3.30. The summed E-state index contributed by atoms with van der Waals surface area (Å²) in [5, 5.41) is 2.51. The van der Waals surface area contributed by atoms with Gasteiger partial charge >= 0.3 is 6.18 Å². The second-order valence-electron chi connectivity index (χ2n) is 4.57. The average Bonchev–Trinajstić information content (AvgIpc) is 2.36. The van der Waals surface area contributed by atoms with E-state index in [1.54, 1.807) is 13.1 Å². The first-order valence-corrected chi connectivity index (χ1v) is 6.02. The van der Waals surface area contributed by atoms with Crippen LogP contribution < -0.4 is 5.32 Å². The summed E-state index contributed by atoms with van der Waals surface area (Å²) in [6.07, 6.45) is -3.99. The van der Waals surface area contributed by atoms with E-state index in [1.165, 1.54) is 6.07 Å². The van der Waals surface area contributed by atoms with E-state index in [0.29, 0.717) is 30.6 Å². The number of hydrogen-bond acceptors (Lipinski definition) is 2. The highest BCUT2D eigenvalue weighted by molar-refractivity contribution is 5.77. The highest BCUT2D eigenvalue weighted by atomic mass is 19.4. The lowest BCUT2D eigenvalue weighted by atomic mass is 9.94. The minimum Gasteiger partial charge on any atom is -0.358 e. The molecule has 0 fully saturated rings. The van der Waals surface area contributed by atoms with E-state index in [1.807, 2.05) is 4.90 Å². The Morgan fingerprint density at radius 1 is 1.42 bits per heavy atom. The van der Waals surface area contributed by atoms with Crippen LogP contribution in [0.1, 0.15) is 16.7 Å². The number of amides is 1. The smallest absolute Gasteiger partial charge is 0.358 e. The van der Waals surface area contributed by atoms with Gasteiger partial charge in [-0.05, 0) is 23.6 Å². The summed E-state index contributed by atoms with van der Waals surface area (Å²) in [5.74, 6) is -0.129. The highest BCUT2D eigenvalue weighted by Crippen LogP contribution is 2.35. The maximum absolute atomic E-state index is 12.9. The third kappa shape index (κ3) is 3.07. The van der Waals surface area contributed by atoms with E-state index in [0.717, 1.165) is 6.07 Å². The molecule has 0 bridgehead atoms. The molecule has 2 rings (SSSR count). The first-order valence-electron chi connectivity index (χ1n) is 6.02. The summed E-state index contributed by atoms with van der Waals surface area (Å²) in [6, 6.07) is 4.23. The molecule has 1 amide bonds. The zero-order valence-corrected chi connectivity index (χ0v) is 10.5. The molecular weight excluding hydrogens is 257 g/mol. The van der Waals surface area contributed by atoms with Crippen LogP contribution in [-0.2, 0) is 23.9 Å². The van der Waals surface area contributed by atoms with Crippen LogP contribution >= 0.6 is 0 Å². The van der Waals surface area contributed by atoms with Gasteiger partial charge in [-0.3, -0.25) is 9.69 Å². The van der Waals surface area contributed by atoms with Gasteiger partial charge in [0, 0.05) is 20.1 Å². The molecule has 104 valence electrons. The highest BCUT2D eigenvalue weighted by Gasteiger charge is 2.35.